The summed E-state index contributed by atoms with van der Waals surface area (Å²) in [5.41, 5.74) is 6.65. The molecule has 1 aliphatic heterocycles. The van der Waals surface area contributed by atoms with Crippen LogP contribution >= 0.6 is 0 Å². The summed E-state index contributed by atoms with van der Waals surface area (Å²) < 4.78 is 5.03. The molecular formula is C16H22N4O2. The van der Waals surface area contributed by atoms with Gasteiger partial charge in [-0.3, -0.25) is 0 Å². The predicted octanol–water partition coefficient (Wildman–Crippen LogP) is 2.61. The lowest BCUT2D eigenvalue weighted by molar-refractivity contribution is 0.165. The second-order valence-electron chi connectivity index (χ2n) is 6.12. The highest BCUT2D eigenvalue weighted by Gasteiger charge is 2.25. The van der Waals surface area contributed by atoms with Gasteiger partial charge >= 0.3 is 6.09 Å². The summed E-state index contributed by atoms with van der Waals surface area (Å²) in [7, 11) is 0. The average Bonchev–Trinajstić information content (AvgIpc) is 2.92. The molecule has 2 aromatic rings. The van der Waals surface area contributed by atoms with E-state index in [0.717, 1.165) is 30.9 Å². The Balaban J connectivity index is 1.90. The second kappa shape index (κ2) is 5.96. The van der Waals surface area contributed by atoms with Gasteiger partial charge in [0, 0.05) is 18.5 Å². The van der Waals surface area contributed by atoms with Gasteiger partial charge in [-0.15, -0.1) is 0 Å². The average molecular weight is 302 g/mol. The monoisotopic (exact) mass is 302 g/mol. The molecule has 2 heterocycles. The largest absolute Gasteiger partial charge is 0.410 e. The maximum absolute atomic E-state index is 11.0. The van der Waals surface area contributed by atoms with Crippen LogP contribution in [0.3, 0.4) is 0 Å². The Bertz CT molecular complexity index is 680. The number of rotatable bonds is 3. The Morgan fingerprint density at radius 3 is 3.05 bits per heavy atom. The van der Waals surface area contributed by atoms with Crippen molar-refractivity contribution in [3.05, 3.63) is 24.0 Å². The molecular weight excluding hydrogens is 280 g/mol. The Morgan fingerprint density at radius 2 is 2.32 bits per heavy atom. The minimum absolute atomic E-state index is 0.380. The zero-order valence-electron chi connectivity index (χ0n) is 13.0. The molecule has 1 aromatic heterocycles. The van der Waals surface area contributed by atoms with Gasteiger partial charge in [0.1, 0.15) is 11.3 Å². The third-order valence-electron chi connectivity index (χ3n) is 4.27. The van der Waals surface area contributed by atoms with Gasteiger partial charge < -0.3 is 20.4 Å². The number of nitrogens with two attached hydrogens (primary N) is 1. The number of amides is 1. The third kappa shape index (κ3) is 2.92. The molecule has 1 saturated heterocycles. The molecule has 1 atom stereocenters. The molecule has 22 heavy (non-hydrogen) atoms. The predicted molar refractivity (Wildman–Crippen MR) is 85.0 cm³/mol. The fraction of sp³-hybridized carbons (Fsp3) is 0.500. The number of para-hydroxylation sites is 1. The Morgan fingerprint density at radius 1 is 1.50 bits per heavy atom. The van der Waals surface area contributed by atoms with E-state index < -0.39 is 6.09 Å². The van der Waals surface area contributed by atoms with Gasteiger partial charge in [-0.2, -0.15) is 0 Å². The standard InChI is InChI=1S/C16H22N4O2/c1-10(2)20-8-4-5-11(9-20)15-18-12-6-3-7-13(14(12)19-15)22-16(17)21/h3,6-7,10-11H,4-5,8-9H2,1-2H3,(H2,17,21)(H,18,19). The smallest absolute Gasteiger partial charge is 0.408 e. The zero-order valence-corrected chi connectivity index (χ0v) is 13.0. The van der Waals surface area contributed by atoms with Crippen molar-refractivity contribution in [3.8, 4) is 5.75 Å². The third-order valence-corrected chi connectivity index (χ3v) is 4.27. The van der Waals surface area contributed by atoms with E-state index in [2.05, 4.69) is 28.7 Å². The van der Waals surface area contributed by atoms with Gasteiger partial charge in [-0.1, -0.05) is 6.07 Å². The van der Waals surface area contributed by atoms with Gasteiger partial charge in [0.2, 0.25) is 0 Å². The number of aromatic amines is 1. The number of ether oxygens (including phenoxy) is 1. The fourth-order valence-corrected chi connectivity index (χ4v) is 3.11. The van der Waals surface area contributed by atoms with E-state index in [9.17, 15) is 4.79 Å². The van der Waals surface area contributed by atoms with Crippen molar-refractivity contribution in [2.24, 2.45) is 5.73 Å². The molecule has 0 aliphatic carbocycles. The van der Waals surface area contributed by atoms with Crippen LogP contribution in [0, 0.1) is 0 Å². The number of likely N-dealkylation sites (tertiary alicyclic amines) is 1. The van der Waals surface area contributed by atoms with E-state index in [-0.39, 0.29) is 0 Å². The van der Waals surface area contributed by atoms with Crippen LogP contribution in [0.4, 0.5) is 4.79 Å². The highest BCUT2D eigenvalue weighted by atomic mass is 16.5. The van der Waals surface area contributed by atoms with Crippen molar-refractivity contribution in [2.45, 2.75) is 38.6 Å². The minimum Gasteiger partial charge on any atom is -0.408 e. The fourth-order valence-electron chi connectivity index (χ4n) is 3.11. The minimum atomic E-state index is -0.819. The Kier molecular flexibility index (Phi) is 4.02. The summed E-state index contributed by atoms with van der Waals surface area (Å²) in [5.74, 6) is 1.75. The van der Waals surface area contributed by atoms with Crippen LogP contribution in [0.15, 0.2) is 18.2 Å². The number of carbonyl (C=O) groups is 1. The van der Waals surface area contributed by atoms with Gasteiger partial charge in [0.05, 0.1) is 5.52 Å². The molecule has 0 bridgehead atoms. The summed E-state index contributed by atoms with van der Waals surface area (Å²) in [5, 5.41) is 0. The molecule has 1 amide bonds. The van der Waals surface area contributed by atoms with Crippen molar-refractivity contribution in [1.82, 2.24) is 14.9 Å². The van der Waals surface area contributed by atoms with E-state index in [1.54, 1.807) is 6.07 Å². The van der Waals surface area contributed by atoms with Crippen LogP contribution in [0.5, 0.6) is 5.75 Å². The number of nitrogens with one attached hydrogen (secondary N) is 1. The second-order valence-corrected chi connectivity index (χ2v) is 6.12. The van der Waals surface area contributed by atoms with Crippen molar-refractivity contribution in [2.75, 3.05) is 13.1 Å². The lowest BCUT2D eigenvalue weighted by atomic mass is 9.96. The van der Waals surface area contributed by atoms with Gasteiger partial charge in [-0.05, 0) is 45.4 Å². The first-order valence-corrected chi connectivity index (χ1v) is 7.74. The molecule has 0 spiro atoms. The lowest BCUT2D eigenvalue weighted by Gasteiger charge is -2.34. The summed E-state index contributed by atoms with van der Waals surface area (Å²) in [6.07, 6.45) is 1.47. The first kappa shape index (κ1) is 14.8. The molecule has 6 nitrogen and oxygen atoms in total. The highest BCUT2D eigenvalue weighted by Crippen LogP contribution is 2.30. The molecule has 118 valence electrons. The number of hydrogen-bond acceptors (Lipinski definition) is 4. The van der Waals surface area contributed by atoms with Crippen LogP contribution in [-0.4, -0.2) is 40.1 Å². The van der Waals surface area contributed by atoms with E-state index in [1.807, 2.05) is 12.1 Å². The molecule has 3 N–H and O–H groups in total. The van der Waals surface area contributed by atoms with E-state index in [0.29, 0.717) is 23.2 Å². The Labute approximate surface area is 129 Å². The summed E-state index contributed by atoms with van der Waals surface area (Å²) in [4.78, 5) is 21.5. The van der Waals surface area contributed by atoms with Crippen molar-refractivity contribution < 1.29 is 9.53 Å². The van der Waals surface area contributed by atoms with Gasteiger partial charge in [0.25, 0.3) is 0 Å². The maximum Gasteiger partial charge on any atom is 0.410 e. The summed E-state index contributed by atoms with van der Waals surface area (Å²) >= 11 is 0. The number of aromatic nitrogens is 2. The highest BCUT2D eigenvalue weighted by molar-refractivity contribution is 5.84. The number of imidazole rings is 1. The van der Waals surface area contributed by atoms with Crippen LogP contribution < -0.4 is 10.5 Å². The van der Waals surface area contributed by atoms with Crippen LogP contribution in [-0.2, 0) is 0 Å². The summed E-state index contributed by atoms with van der Waals surface area (Å²) in [6.45, 7) is 6.59. The molecule has 3 rings (SSSR count). The molecule has 6 heteroatoms. The quantitative estimate of drug-likeness (QED) is 0.912. The first-order chi connectivity index (χ1) is 10.5. The van der Waals surface area contributed by atoms with Crippen molar-refractivity contribution in [3.63, 3.8) is 0 Å². The molecule has 1 aliphatic rings. The molecule has 0 radical (unpaired) electrons. The van der Waals surface area contributed by atoms with E-state index in [4.69, 9.17) is 10.5 Å². The van der Waals surface area contributed by atoms with Crippen molar-refractivity contribution in [1.29, 1.82) is 0 Å². The normalized spacial score (nSPS) is 19.7. The van der Waals surface area contributed by atoms with Crippen LogP contribution in [0.1, 0.15) is 38.4 Å². The SMILES string of the molecule is CC(C)N1CCCC(c2nc3c(OC(N)=O)cccc3[nH]2)C1. The lowest BCUT2D eigenvalue weighted by Crippen LogP contribution is -2.39. The number of nitrogens with zero attached hydrogens (tertiary/aromatic N) is 2. The topological polar surface area (TPSA) is 84.2 Å². The van der Waals surface area contributed by atoms with E-state index >= 15 is 0 Å². The number of fused-ring (bicyclic) bond motifs is 1. The van der Waals surface area contributed by atoms with Crippen molar-refractivity contribution >= 4 is 17.1 Å². The van der Waals surface area contributed by atoms with Gasteiger partial charge in [-0.25, -0.2) is 9.78 Å². The molecule has 1 fully saturated rings. The summed E-state index contributed by atoms with van der Waals surface area (Å²) in [6, 6.07) is 6.01. The van der Waals surface area contributed by atoms with E-state index in [1.165, 1.54) is 6.42 Å². The molecule has 1 unspecified atom stereocenters. The number of H-pyrrole nitrogens is 1. The molecule has 0 saturated carbocycles. The number of carbonyl (C=O) groups excluding carboxylic acids is 1. The number of primary amides is 1. The van der Waals surface area contributed by atoms with Gasteiger partial charge in [0.15, 0.2) is 5.75 Å². The maximum atomic E-state index is 11.0. The number of benzene rings is 1. The molecule has 1 aromatic carbocycles. The Hall–Kier alpha value is -2.08. The van der Waals surface area contributed by atoms with Crippen LogP contribution in [0.2, 0.25) is 0 Å². The first-order valence-electron chi connectivity index (χ1n) is 7.74. The zero-order chi connectivity index (χ0) is 15.7. The van der Waals surface area contributed by atoms with Crippen LogP contribution in [0.25, 0.3) is 11.0 Å². The number of hydrogen-bond donors (Lipinski definition) is 2. The number of piperidine rings is 1.